The highest BCUT2D eigenvalue weighted by molar-refractivity contribution is 6.06. The predicted octanol–water partition coefficient (Wildman–Crippen LogP) is 2.43. The Kier molecular flexibility index (Phi) is 4.50. The van der Waals surface area contributed by atoms with Gasteiger partial charge in [0.2, 0.25) is 0 Å². The Balaban J connectivity index is 1.55. The Labute approximate surface area is 157 Å². The van der Waals surface area contributed by atoms with Crippen LogP contribution in [-0.2, 0) is 0 Å². The number of anilines is 2. The van der Waals surface area contributed by atoms with Gasteiger partial charge in [0.15, 0.2) is 0 Å². The molecule has 0 bridgehead atoms. The normalized spacial score (nSPS) is 16.5. The maximum Gasteiger partial charge on any atom is 0.250 e. The lowest BCUT2D eigenvalue weighted by Gasteiger charge is -2.20. The largest absolute Gasteiger partial charge is 0.497 e. The summed E-state index contributed by atoms with van der Waals surface area (Å²) in [5, 5.41) is 4.30. The molecule has 1 atom stereocenters. The molecule has 138 valence electrons. The van der Waals surface area contributed by atoms with Crippen molar-refractivity contribution >= 4 is 28.3 Å². The molecule has 27 heavy (non-hydrogen) atoms. The van der Waals surface area contributed by atoms with E-state index in [0.29, 0.717) is 11.1 Å². The molecule has 2 aromatic carbocycles. The second-order valence-electron chi connectivity index (χ2n) is 6.57. The van der Waals surface area contributed by atoms with Crippen LogP contribution in [0.1, 0.15) is 16.8 Å². The van der Waals surface area contributed by atoms with Gasteiger partial charge in [-0.3, -0.25) is 4.79 Å². The standard InChI is InChI=1S/C20H21N5O2/c1-27-15-5-2-4-14(10-15)25-9-8-13(11-25)24-20-17-7-3-6-16(19(21)26)18(17)22-12-23-20/h2-7,10,12-13H,8-9,11H2,1H3,(H2,21,26)(H,22,23,24). The van der Waals surface area contributed by atoms with E-state index in [4.69, 9.17) is 10.5 Å². The van der Waals surface area contributed by atoms with Gasteiger partial charge >= 0.3 is 0 Å². The molecule has 0 aliphatic carbocycles. The Morgan fingerprint density at radius 3 is 2.93 bits per heavy atom. The van der Waals surface area contributed by atoms with E-state index >= 15 is 0 Å². The van der Waals surface area contributed by atoms with Gasteiger partial charge in [-0.25, -0.2) is 9.97 Å². The number of carbonyl (C=O) groups excluding carboxylic acids is 1. The van der Waals surface area contributed by atoms with Gasteiger partial charge in [-0.15, -0.1) is 0 Å². The first-order valence-electron chi connectivity index (χ1n) is 8.85. The van der Waals surface area contributed by atoms with Crippen LogP contribution in [0, 0.1) is 0 Å². The molecule has 7 nitrogen and oxygen atoms in total. The number of benzene rings is 2. The van der Waals surface area contributed by atoms with Crippen molar-refractivity contribution < 1.29 is 9.53 Å². The number of carbonyl (C=O) groups is 1. The van der Waals surface area contributed by atoms with E-state index in [1.54, 1.807) is 19.2 Å². The third kappa shape index (κ3) is 3.36. The summed E-state index contributed by atoms with van der Waals surface area (Å²) >= 11 is 0. The Bertz CT molecular complexity index is 991. The second kappa shape index (κ2) is 7.11. The summed E-state index contributed by atoms with van der Waals surface area (Å²) in [7, 11) is 1.67. The first kappa shape index (κ1) is 17.1. The fourth-order valence-corrected chi connectivity index (χ4v) is 3.51. The van der Waals surface area contributed by atoms with Gasteiger partial charge in [0.05, 0.1) is 18.2 Å². The van der Waals surface area contributed by atoms with Crippen molar-refractivity contribution in [1.82, 2.24) is 9.97 Å². The molecule has 0 saturated carbocycles. The Morgan fingerprint density at radius 1 is 1.26 bits per heavy atom. The molecule has 2 heterocycles. The zero-order valence-corrected chi connectivity index (χ0v) is 15.1. The number of amides is 1. The number of rotatable bonds is 5. The van der Waals surface area contributed by atoms with Crippen LogP contribution in [-0.4, -0.2) is 42.1 Å². The van der Waals surface area contributed by atoms with Crippen molar-refractivity contribution in [3.63, 3.8) is 0 Å². The molecule has 1 fully saturated rings. The molecule has 1 aromatic heterocycles. The van der Waals surface area contributed by atoms with Gasteiger partial charge in [0.25, 0.3) is 5.91 Å². The molecule has 0 radical (unpaired) electrons. The van der Waals surface area contributed by atoms with Crippen molar-refractivity contribution in [2.45, 2.75) is 12.5 Å². The highest BCUT2D eigenvalue weighted by Crippen LogP contribution is 2.27. The summed E-state index contributed by atoms with van der Waals surface area (Å²) in [6.45, 7) is 1.80. The van der Waals surface area contributed by atoms with Crippen LogP contribution in [0.25, 0.3) is 10.9 Å². The highest BCUT2D eigenvalue weighted by Gasteiger charge is 2.24. The van der Waals surface area contributed by atoms with Crippen LogP contribution >= 0.6 is 0 Å². The lowest BCUT2D eigenvalue weighted by atomic mass is 10.1. The summed E-state index contributed by atoms with van der Waals surface area (Å²) in [5.74, 6) is 1.08. The van der Waals surface area contributed by atoms with Crippen molar-refractivity contribution in [1.29, 1.82) is 0 Å². The number of primary amides is 1. The van der Waals surface area contributed by atoms with E-state index in [-0.39, 0.29) is 6.04 Å². The monoisotopic (exact) mass is 363 g/mol. The topological polar surface area (TPSA) is 93.4 Å². The molecule has 3 aromatic rings. The minimum atomic E-state index is -0.490. The summed E-state index contributed by atoms with van der Waals surface area (Å²) in [6, 6.07) is 13.7. The SMILES string of the molecule is COc1cccc(N2CCC(Nc3ncnc4c(C(N)=O)cccc34)C2)c1. The first-order valence-corrected chi connectivity index (χ1v) is 8.85. The summed E-state index contributed by atoms with van der Waals surface area (Å²) in [6.07, 6.45) is 2.45. The van der Waals surface area contributed by atoms with Crippen LogP contribution in [0.3, 0.4) is 0 Å². The molecule has 7 heteroatoms. The van der Waals surface area contributed by atoms with Crippen molar-refractivity contribution in [2.24, 2.45) is 5.73 Å². The van der Waals surface area contributed by atoms with E-state index in [2.05, 4.69) is 26.3 Å². The molecular formula is C20H21N5O2. The van der Waals surface area contributed by atoms with E-state index in [1.165, 1.54) is 6.33 Å². The fraction of sp³-hybridized carbons (Fsp3) is 0.250. The Morgan fingerprint density at radius 2 is 2.11 bits per heavy atom. The van der Waals surface area contributed by atoms with E-state index in [1.807, 2.05) is 24.3 Å². The minimum absolute atomic E-state index is 0.242. The Hall–Kier alpha value is -3.35. The number of ether oxygens (including phenoxy) is 1. The summed E-state index contributed by atoms with van der Waals surface area (Å²) < 4.78 is 5.32. The van der Waals surface area contributed by atoms with E-state index < -0.39 is 5.91 Å². The van der Waals surface area contributed by atoms with E-state index in [9.17, 15) is 4.79 Å². The molecule has 1 aliphatic heterocycles. The van der Waals surface area contributed by atoms with Crippen molar-refractivity contribution in [2.75, 3.05) is 30.4 Å². The van der Waals surface area contributed by atoms with Crippen LogP contribution in [0.2, 0.25) is 0 Å². The molecule has 1 unspecified atom stereocenters. The molecule has 1 saturated heterocycles. The lowest BCUT2D eigenvalue weighted by molar-refractivity contribution is 0.100. The van der Waals surface area contributed by atoms with Crippen LogP contribution in [0.15, 0.2) is 48.8 Å². The number of nitrogens with one attached hydrogen (secondary N) is 1. The molecule has 3 N–H and O–H groups in total. The maximum absolute atomic E-state index is 11.6. The predicted molar refractivity (Wildman–Crippen MR) is 105 cm³/mol. The third-order valence-electron chi connectivity index (χ3n) is 4.88. The van der Waals surface area contributed by atoms with Gasteiger partial charge in [0, 0.05) is 36.3 Å². The van der Waals surface area contributed by atoms with Crippen LogP contribution < -0.4 is 20.7 Å². The highest BCUT2D eigenvalue weighted by atomic mass is 16.5. The van der Waals surface area contributed by atoms with Crippen molar-refractivity contribution in [3.05, 3.63) is 54.4 Å². The number of aromatic nitrogens is 2. The zero-order valence-electron chi connectivity index (χ0n) is 15.1. The average Bonchev–Trinajstić information content (AvgIpc) is 3.16. The zero-order chi connectivity index (χ0) is 18.8. The molecule has 4 rings (SSSR count). The number of methoxy groups -OCH3 is 1. The minimum Gasteiger partial charge on any atom is -0.497 e. The smallest absolute Gasteiger partial charge is 0.250 e. The number of hydrogen-bond donors (Lipinski definition) is 2. The van der Waals surface area contributed by atoms with Gasteiger partial charge in [-0.2, -0.15) is 0 Å². The van der Waals surface area contributed by atoms with Gasteiger partial charge < -0.3 is 20.7 Å². The lowest BCUT2D eigenvalue weighted by Crippen LogP contribution is -2.26. The number of nitrogens with two attached hydrogens (primary N) is 1. The van der Waals surface area contributed by atoms with Gasteiger partial charge in [0.1, 0.15) is 17.9 Å². The van der Waals surface area contributed by atoms with Crippen LogP contribution in [0.5, 0.6) is 5.75 Å². The second-order valence-corrected chi connectivity index (χ2v) is 6.57. The number of para-hydroxylation sites is 1. The first-order chi connectivity index (χ1) is 13.2. The van der Waals surface area contributed by atoms with Crippen molar-refractivity contribution in [3.8, 4) is 5.75 Å². The fourth-order valence-electron chi connectivity index (χ4n) is 3.51. The quantitative estimate of drug-likeness (QED) is 0.723. The van der Waals surface area contributed by atoms with Gasteiger partial charge in [-0.05, 0) is 30.7 Å². The van der Waals surface area contributed by atoms with Gasteiger partial charge in [-0.1, -0.05) is 12.1 Å². The summed E-state index contributed by atoms with van der Waals surface area (Å²) in [4.78, 5) is 22.6. The maximum atomic E-state index is 11.6. The molecule has 1 aliphatic rings. The molecule has 1 amide bonds. The van der Waals surface area contributed by atoms with E-state index in [0.717, 1.165) is 42.2 Å². The number of hydrogen-bond acceptors (Lipinski definition) is 6. The van der Waals surface area contributed by atoms with Crippen LogP contribution in [0.4, 0.5) is 11.5 Å². The summed E-state index contributed by atoms with van der Waals surface area (Å²) in [5.41, 5.74) is 7.58. The number of fused-ring (bicyclic) bond motifs is 1. The number of nitrogens with zero attached hydrogens (tertiary/aromatic N) is 3. The molecule has 0 spiro atoms. The molecular weight excluding hydrogens is 342 g/mol. The average molecular weight is 363 g/mol. The third-order valence-corrected chi connectivity index (χ3v) is 4.88.